The zero-order valence-corrected chi connectivity index (χ0v) is 13.7. The summed E-state index contributed by atoms with van der Waals surface area (Å²) in [5.41, 5.74) is 2.07. The second-order valence-corrected chi connectivity index (χ2v) is 6.58. The molecule has 2 atom stereocenters. The van der Waals surface area contributed by atoms with Gasteiger partial charge in [0.05, 0.1) is 6.04 Å². The maximum Gasteiger partial charge on any atom is 0.251 e. The fourth-order valence-electron chi connectivity index (χ4n) is 3.45. The highest BCUT2D eigenvalue weighted by atomic mass is 16.5. The first-order valence-electron chi connectivity index (χ1n) is 8.30. The van der Waals surface area contributed by atoms with Crippen LogP contribution in [0.15, 0.2) is 24.3 Å². The van der Waals surface area contributed by atoms with Crippen LogP contribution in [0, 0.1) is 6.92 Å². The monoisotopic (exact) mass is 316 g/mol. The summed E-state index contributed by atoms with van der Waals surface area (Å²) >= 11 is 0. The lowest BCUT2D eigenvalue weighted by molar-refractivity contribution is -0.162. The van der Waals surface area contributed by atoms with Gasteiger partial charge in [-0.2, -0.15) is 0 Å². The van der Waals surface area contributed by atoms with Gasteiger partial charge in [0.25, 0.3) is 5.91 Å². The number of aryl methyl sites for hydroxylation is 1. The van der Waals surface area contributed by atoms with E-state index in [-0.39, 0.29) is 30.5 Å². The molecule has 1 N–H and O–H groups in total. The maximum atomic E-state index is 12.7. The second kappa shape index (κ2) is 6.71. The predicted octanol–water partition coefficient (Wildman–Crippen LogP) is 1.95. The average Bonchev–Trinajstić information content (AvgIpc) is 3.04. The molecule has 0 bridgehead atoms. The largest absolute Gasteiger partial charge is 0.356 e. The second-order valence-electron chi connectivity index (χ2n) is 6.58. The smallest absolute Gasteiger partial charge is 0.251 e. The topological polar surface area (TPSA) is 58.6 Å². The molecule has 1 saturated carbocycles. The quantitative estimate of drug-likeness (QED) is 0.927. The van der Waals surface area contributed by atoms with Crippen molar-refractivity contribution in [3.63, 3.8) is 0 Å². The van der Waals surface area contributed by atoms with Gasteiger partial charge in [-0.15, -0.1) is 0 Å². The Morgan fingerprint density at radius 2 is 1.87 bits per heavy atom. The number of hydrogen-bond donors (Lipinski definition) is 1. The van der Waals surface area contributed by atoms with Gasteiger partial charge in [-0.1, -0.05) is 42.7 Å². The van der Waals surface area contributed by atoms with Gasteiger partial charge >= 0.3 is 0 Å². The van der Waals surface area contributed by atoms with Crippen molar-refractivity contribution in [2.75, 3.05) is 13.7 Å². The molecule has 0 unspecified atom stereocenters. The summed E-state index contributed by atoms with van der Waals surface area (Å²) in [6.45, 7) is 1.97. The van der Waals surface area contributed by atoms with Gasteiger partial charge in [0.15, 0.2) is 6.10 Å². The molecule has 2 fully saturated rings. The van der Waals surface area contributed by atoms with Crippen molar-refractivity contribution in [2.45, 2.75) is 50.8 Å². The Morgan fingerprint density at radius 3 is 2.52 bits per heavy atom. The van der Waals surface area contributed by atoms with Crippen LogP contribution in [-0.2, 0) is 14.3 Å². The number of carbonyl (C=O) groups excluding carboxylic acids is 2. The van der Waals surface area contributed by atoms with Gasteiger partial charge in [-0.05, 0) is 25.3 Å². The van der Waals surface area contributed by atoms with E-state index in [0.29, 0.717) is 0 Å². The Kier molecular flexibility index (Phi) is 4.66. The predicted molar refractivity (Wildman–Crippen MR) is 86.8 cm³/mol. The number of morpholine rings is 1. The first kappa shape index (κ1) is 16.0. The van der Waals surface area contributed by atoms with E-state index in [2.05, 4.69) is 5.32 Å². The van der Waals surface area contributed by atoms with Gasteiger partial charge in [-0.25, -0.2) is 0 Å². The van der Waals surface area contributed by atoms with E-state index in [1.165, 1.54) is 0 Å². The van der Waals surface area contributed by atoms with Crippen molar-refractivity contribution >= 4 is 11.8 Å². The maximum absolute atomic E-state index is 12.7. The van der Waals surface area contributed by atoms with Crippen molar-refractivity contribution in [1.82, 2.24) is 10.2 Å². The van der Waals surface area contributed by atoms with Crippen LogP contribution in [0.25, 0.3) is 0 Å². The van der Waals surface area contributed by atoms with Gasteiger partial charge in [-0.3, -0.25) is 9.59 Å². The standard InChI is InChI=1S/C18H24N2O3/c1-12-7-9-13(10-8-12)16-17(23-11-15(21)20(16)2)18(22)19-14-5-3-4-6-14/h7-10,14,16-17H,3-6,11H2,1-2H3,(H,19,22)/t16-,17-/m0/s1. The van der Waals surface area contributed by atoms with Gasteiger partial charge in [0, 0.05) is 13.1 Å². The number of nitrogens with one attached hydrogen (secondary N) is 1. The lowest BCUT2D eigenvalue weighted by Crippen LogP contribution is -2.54. The molecule has 0 aromatic heterocycles. The Balaban J connectivity index is 1.81. The van der Waals surface area contributed by atoms with E-state index in [0.717, 1.165) is 36.8 Å². The molecule has 1 heterocycles. The van der Waals surface area contributed by atoms with E-state index >= 15 is 0 Å². The third-order valence-corrected chi connectivity index (χ3v) is 4.86. The lowest BCUT2D eigenvalue weighted by Gasteiger charge is -2.38. The third-order valence-electron chi connectivity index (χ3n) is 4.86. The highest BCUT2D eigenvalue weighted by molar-refractivity contribution is 5.86. The fourth-order valence-corrected chi connectivity index (χ4v) is 3.45. The molecule has 1 aromatic rings. The van der Waals surface area contributed by atoms with Crippen LogP contribution in [0.5, 0.6) is 0 Å². The first-order valence-corrected chi connectivity index (χ1v) is 8.30. The molecule has 1 aliphatic heterocycles. The highest BCUT2D eigenvalue weighted by Gasteiger charge is 2.40. The van der Waals surface area contributed by atoms with Crippen molar-refractivity contribution in [1.29, 1.82) is 0 Å². The normalized spacial score (nSPS) is 25.7. The van der Waals surface area contributed by atoms with Crippen LogP contribution >= 0.6 is 0 Å². The third kappa shape index (κ3) is 3.39. The van der Waals surface area contributed by atoms with Crippen LogP contribution in [0.1, 0.15) is 42.9 Å². The minimum Gasteiger partial charge on any atom is -0.356 e. The van der Waals surface area contributed by atoms with Crippen LogP contribution < -0.4 is 5.32 Å². The minimum atomic E-state index is -0.652. The summed E-state index contributed by atoms with van der Waals surface area (Å²) in [6.07, 6.45) is 3.73. The van der Waals surface area contributed by atoms with E-state index < -0.39 is 6.10 Å². The van der Waals surface area contributed by atoms with Crippen molar-refractivity contribution in [2.24, 2.45) is 0 Å². The van der Waals surface area contributed by atoms with E-state index in [1.54, 1.807) is 11.9 Å². The Hall–Kier alpha value is -1.88. The first-order chi connectivity index (χ1) is 11.1. The van der Waals surface area contributed by atoms with Gasteiger partial charge < -0.3 is 15.0 Å². The summed E-state index contributed by atoms with van der Waals surface area (Å²) in [7, 11) is 1.74. The average molecular weight is 316 g/mol. The number of amides is 2. The molecule has 5 heteroatoms. The zero-order chi connectivity index (χ0) is 16.4. The summed E-state index contributed by atoms with van der Waals surface area (Å²) in [4.78, 5) is 26.3. The van der Waals surface area contributed by atoms with E-state index in [9.17, 15) is 9.59 Å². The van der Waals surface area contributed by atoms with Crippen LogP contribution in [0.3, 0.4) is 0 Å². The van der Waals surface area contributed by atoms with Crippen molar-refractivity contribution in [3.8, 4) is 0 Å². The molecule has 1 aliphatic carbocycles. The molecule has 2 aliphatic rings. The summed E-state index contributed by atoms with van der Waals surface area (Å²) in [5.74, 6) is -0.206. The molecule has 1 aromatic carbocycles. The molecule has 0 radical (unpaired) electrons. The summed E-state index contributed by atoms with van der Waals surface area (Å²) in [5, 5.41) is 3.09. The zero-order valence-electron chi connectivity index (χ0n) is 13.7. The lowest BCUT2D eigenvalue weighted by atomic mass is 9.96. The molecule has 5 nitrogen and oxygen atoms in total. The molecule has 0 spiro atoms. The number of hydrogen-bond acceptors (Lipinski definition) is 3. The van der Waals surface area contributed by atoms with Gasteiger partial charge in [0.2, 0.25) is 5.91 Å². The number of benzene rings is 1. The number of ether oxygens (including phenoxy) is 1. The highest BCUT2D eigenvalue weighted by Crippen LogP contribution is 2.30. The van der Waals surface area contributed by atoms with Crippen LogP contribution in [0.2, 0.25) is 0 Å². The molecular weight excluding hydrogens is 292 g/mol. The van der Waals surface area contributed by atoms with E-state index in [4.69, 9.17) is 4.74 Å². The molecule has 1 saturated heterocycles. The molecular formula is C18H24N2O3. The molecule has 124 valence electrons. The van der Waals surface area contributed by atoms with Crippen molar-refractivity contribution < 1.29 is 14.3 Å². The van der Waals surface area contributed by atoms with E-state index in [1.807, 2.05) is 31.2 Å². The SMILES string of the molecule is Cc1ccc([C@H]2[C@@H](C(=O)NC3CCCC3)OCC(=O)N2C)cc1. The molecule has 3 rings (SSSR count). The minimum absolute atomic E-state index is 0.0401. The summed E-state index contributed by atoms with van der Waals surface area (Å²) < 4.78 is 5.63. The van der Waals surface area contributed by atoms with Crippen LogP contribution in [0.4, 0.5) is 0 Å². The summed E-state index contributed by atoms with van der Waals surface area (Å²) in [6, 6.07) is 7.79. The number of nitrogens with zero attached hydrogens (tertiary/aromatic N) is 1. The van der Waals surface area contributed by atoms with Crippen LogP contribution in [-0.4, -0.2) is 42.5 Å². The number of carbonyl (C=O) groups is 2. The molecule has 2 amide bonds. The Morgan fingerprint density at radius 1 is 1.22 bits per heavy atom. The Bertz CT molecular complexity index is 578. The number of likely N-dealkylation sites (N-methyl/N-ethyl adjacent to an activating group) is 1. The molecule has 23 heavy (non-hydrogen) atoms. The number of rotatable bonds is 3. The van der Waals surface area contributed by atoms with Gasteiger partial charge in [0.1, 0.15) is 6.61 Å². The fraction of sp³-hybridized carbons (Fsp3) is 0.556. The van der Waals surface area contributed by atoms with Crippen molar-refractivity contribution in [3.05, 3.63) is 35.4 Å². The Labute approximate surface area is 137 Å².